The molecule has 0 spiro atoms. The van der Waals surface area contributed by atoms with Gasteiger partial charge in [0.15, 0.2) is 10.8 Å². The smallest absolute Gasteiger partial charge is 0.158 e. The highest BCUT2D eigenvalue weighted by molar-refractivity contribution is 7.16. The fourth-order valence-electron chi connectivity index (χ4n) is 2.42. The summed E-state index contributed by atoms with van der Waals surface area (Å²) < 4.78 is 5.16. The molecule has 2 rings (SSSR count). The number of anilines is 2. The summed E-state index contributed by atoms with van der Waals surface area (Å²) in [4.78, 5) is 4.58. The maximum Gasteiger partial charge on any atom is 0.158 e. The van der Waals surface area contributed by atoms with Gasteiger partial charge in [-0.05, 0) is 19.4 Å². The van der Waals surface area contributed by atoms with Crippen LogP contribution in [0, 0.1) is 47.8 Å². The molecule has 0 radical (unpaired) electrons. The second-order valence-corrected chi connectivity index (χ2v) is 6.73. The SMILES string of the molecule is Cc1c(C#N)sc(N=Nc2c(N)nc(NCCOCCO)c(C#N)c2C)c1C#N. The lowest BCUT2D eigenvalue weighted by Crippen LogP contribution is -2.14. The lowest BCUT2D eigenvalue weighted by molar-refractivity contribution is 0.0992. The molecule has 0 amide bonds. The van der Waals surface area contributed by atoms with Gasteiger partial charge in [-0.2, -0.15) is 15.8 Å². The van der Waals surface area contributed by atoms with Crippen LogP contribution in [-0.4, -0.2) is 36.5 Å². The van der Waals surface area contributed by atoms with Crippen LogP contribution in [0.5, 0.6) is 0 Å². The first kappa shape index (κ1) is 21.7. The van der Waals surface area contributed by atoms with Crippen LogP contribution in [0.3, 0.4) is 0 Å². The summed E-state index contributed by atoms with van der Waals surface area (Å²) >= 11 is 1.06. The summed E-state index contributed by atoms with van der Waals surface area (Å²) in [6, 6.07) is 6.12. The van der Waals surface area contributed by atoms with Crippen molar-refractivity contribution in [2.75, 3.05) is 37.4 Å². The number of ether oxygens (including phenoxy) is 1. The van der Waals surface area contributed by atoms with E-state index >= 15 is 0 Å². The molecule has 0 bridgehead atoms. The van der Waals surface area contributed by atoms with Crippen molar-refractivity contribution in [3.8, 4) is 18.2 Å². The summed E-state index contributed by atoms with van der Waals surface area (Å²) in [6.07, 6.45) is 0. The Hall–Kier alpha value is -3.56. The number of pyridine rings is 1. The van der Waals surface area contributed by atoms with E-state index in [1.54, 1.807) is 13.8 Å². The van der Waals surface area contributed by atoms with E-state index in [1.165, 1.54) is 0 Å². The average molecular weight is 410 g/mol. The minimum Gasteiger partial charge on any atom is -0.394 e. The van der Waals surface area contributed by atoms with Gasteiger partial charge >= 0.3 is 0 Å². The molecule has 11 heteroatoms. The Bertz CT molecular complexity index is 1060. The Kier molecular flexibility index (Phi) is 7.58. The van der Waals surface area contributed by atoms with Crippen molar-refractivity contribution in [1.29, 1.82) is 15.8 Å². The van der Waals surface area contributed by atoms with Crippen LogP contribution in [0.25, 0.3) is 0 Å². The lowest BCUT2D eigenvalue weighted by Gasteiger charge is -2.12. The second kappa shape index (κ2) is 10.1. The molecule has 0 saturated heterocycles. The number of hydrogen-bond donors (Lipinski definition) is 3. The normalized spacial score (nSPS) is 10.5. The molecule has 2 aromatic heterocycles. The van der Waals surface area contributed by atoms with Crippen LogP contribution in [0.4, 0.5) is 22.3 Å². The molecule has 0 aliphatic heterocycles. The Morgan fingerprint density at radius 3 is 2.45 bits per heavy atom. The fraction of sp³-hybridized carbons (Fsp3) is 0.333. The van der Waals surface area contributed by atoms with Crippen LogP contribution in [0.15, 0.2) is 10.2 Å². The number of azo groups is 1. The zero-order valence-electron chi connectivity index (χ0n) is 15.9. The maximum atomic E-state index is 9.51. The van der Waals surface area contributed by atoms with Crippen LogP contribution in [0.1, 0.15) is 27.1 Å². The minimum absolute atomic E-state index is 0.0660. The molecule has 2 heterocycles. The molecule has 0 atom stereocenters. The first-order valence-corrected chi connectivity index (χ1v) is 9.28. The Morgan fingerprint density at radius 2 is 1.83 bits per heavy atom. The molecular formula is C18H18N8O2S. The molecule has 148 valence electrons. The highest BCUT2D eigenvalue weighted by Gasteiger charge is 2.17. The maximum absolute atomic E-state index is 9.51. The van der Waals surface area contributed by atoms with Crippen LogP contribution in [-0.2, 0) is 4.74 Å². The standard InChI is InChI=1S/C18H18N8O2S/c1-10-13(8-20)18(29-14(10)9-21)26-25-15-11(2)12(7-19)17(24-16(15)22)23-3-5-28-6-4-27/h27H,3-6H2,1-2H3,(H3,22,23,24). The summed E-state index contributed by atoms with van der Waals surface area (Å²) in [5.41, 5.74) is 7.79. The number of nitrogens with one attached hydrogen (secondary N) is 1. The van der Waals surface area contributed by atoms with Gasteiger partial charge in [0.2, 0.25) is 0 Å². The van der Waals surface area contributed by atoms with E-state index in [0.717, 1.165) is 11.3 Å². The summed E-state index contributed by atoms with van der Waals surface area (Å²) in [7, 11) is 0. The topological polar surface area (TPSA) is 176 Å². The summed E-state index contributed by atoms with van der Waals surface area (Å²) in [5, 5.41) is 48.1. The van der Waals surface area contributed by atoms with E-state index < -0.39 is 0 Å². The quantitative estimate of drug-likeness (QED) is 0.439. The minimum atomic E-state index is -0.0689. The predicted molar refractivity (Wildman–Crippen MR) is 107 cm³/mol. The van der Waals surface area contributed by atoms with Crippen molar-refractivity contribution in [3.63, 3.8) is 0 Å². The molecule has 0 aliphatic carbocycles. The van der Waals surface area contributed by atoms with Gasteiger partial charge in [0, 0.05) is 12.1 Å². The van der Waals surface area contributed by atoms with E-state index in [1.807, 2.05) is 12.1 Å². The second-order valence-electron chi connectivity index (χ2n) is 5.73. The van der Waals surface area contributed by atoms with Crippen molar-refractivity contribution in [1.82, 2.24) is 4.98 Å². The zero-order valence-corrected chi connectivity index (χ0v) is 16.7. The number of hydrogen-bond acceptors (Lipinski definition) is 11. The largest absolute Gasteiger partial charge is 0.394 e. The van der Waals surface area contributed by atoms with Gasteiger partial charge in [-0.25, -0.2) is 4.98 Å². The Balaban J connectivity index is 2.34. The number of rotatable bonds is 8. The summed E-state index contributed by atoms with van der Waals surface area (Å²) in [6.45, 7) is 4.19. The van der Waals surface area contributed by atoms with E-state index in [9.17, 15) is 10.5 Å². The average Bonchev–Trinajstić information content (AvgIpc) is 3.02. The Labute approximate surface area is 171 Å². The third-order valence-electron chi connectivity index (χ3n) is 3.91. The zero-order chi connectivity index (χ0) is 21.4. The van der Waals surface area contributed by atoms with Gasteiger partial charge in [-0.15, -0.1) is 21.6 Å². The first-order valence-electron chi connectivity index (χ1n) is 8.46. The van der Waals surface area contributed by atoms with Crippen molar-refractivity contribution in [3.05, 3.63) is 27.1 Å². The number of nitrogens with zero attached hydrogens (tertiary/aromatic N) is 6. The van der Waals surface area contributed by atoms with E-state index in [0.29, 0.717) is 40.0 Å². The molecule has 29 heavy (non-hydrogen) atoms. The van der Waals surface area contributed by atoms with Gasteiger partial charge in [0.05, 0.1) is 30.9 Å². The van der Waals surface area contributed by atoms with Crippen molar-refractivity contribution in [2.24, 2.45) is 10.2 Å². The lowest BCUT2D eigenvalue weighted by atomic mass is 10.1. The number of aliphatic hydroxyl groups is 1. The summed E-state index contributed by atoms with van der Waals surface area (Å²) in [5.74, 6) is 0.363. The van der Waals surface area contributed by atoms with Gasteiger partial charge in [0.1, 0.15) is 34.6 Å². The molecule has 0 fully saturated rings. The molecule has 0 aliphatic rings. The highest BCUT2D eigenvalue weighted by atomic mass is 32.1. The van der Waals surface area contributed by atoms with E-state index in [4.69, 9.17) is 20.8 Å². The molecular weight excluding hydrogens is 392 g/mol. The molecule has 2 aromatic rings. The van der Waals surface area contributed by atoms with Gasteiger partial charge in [-0.3, -0.25) is 0 Å². The molecule has 0 aromatic carbocycles. The van der Waals surface area contributed by atoms with Crippen LogP contribution in [0.2, 0.25) is 0 Å². The number of aromatic nitrogens is 1. The molecule has 10 nitrogen and oxygen atoms in total. The number of thiophene rings is 1. The van der Waals surface area contributed by atoms with E-state index in [-0.39, 0.29) is 35.8 Å². The third-order valence-corrected chi connectivity index (χ3v) is 4.99. The number of nitrogens with two attached hydrogens (primary N) is 1. The Morgan fingerprint density at radius 1 is 1.10 bits per heavy atom. The van der Waals surface area contributed by atoms with Crippen molar-refractivity contribution >= 4 is 33.7 Å². The van der Waals surface area contributed by atoms with Crippen molar-refractivity contribution in [2.45, 2.75) is 13.8 Å². The van der Waals surface area contributed by atoms with Crippen LogP contribution >= 0.6 is 11.3 Å². The van der Waals surface area contributed by atoms with Gasteiger partial charge < -0.3 is 20.9 Å². The monoisotopic (exact) mass is 410 g/mol. The number of nitriles is 3. The molecule has 4 N–H and O–H groups in total. The van der Waals surface area contributed by atoms with Gasteiger partial charge in [0.25, 0.3) is 0 Å². The number of nitrogen functional groups attached to an aromatic ring is 1. The fourth-order valence-corrected chi connectivity index (χ4v) is 3.30. The van der Waals surface area contributed by atoms with E-state index in [2.05, 4.69) is 26.6 Å². The van der Waals surface area contributed by atoms with Crippen molar-refractivity contribution < 1.29 is 9.84 Å². The number of aliphatic hydroxyl groups excluding tert-OH is 1. The predicted octanol–water partition coefficient (Wildman–Crippen LogP) is 2.79. The highest BCUT2D eigenvalue weighted by Crippen LogP contribution is 2.37. The molecule has 0 saturated carbocycles. The molecule has 0 unspecified atom stereocenters. The van der Waals surface area contributed by atoms with Gasteiger partial charge in [-0.1, -0.05) is 0 Å². The van der Waals surface area contributed by atoms with Crippen LogP contribution < -0.4 is 11.1 Å². The first-order chi connectivity index (χ1) is 14.0. The third kappa shape index (κ3) is 4.84.